The largest absolute Gasteiger partial charge is 0.376 e. The number of rotatable bonds is 4. The standard InChI is InChI=1S/C17H23N3O3/c1-19(12-15-4-3-11-23-15)17(22)18-13-6-8-14(9-7-13)20-10-2-5-16(20)21/h6-9,15H,2-5,10-12H2,1H3,(H,18,22)/t15-/m0/s1. The number of urea groups is 1. The van der Waals surface area contributed by atoms with Gasteiger partial charge in [-0.15, -0.1) is 0 Å². The Morgan fingerprint density at radius 2 is 2.13 bits per heavy atom. The minimum Gasteiger partial charge on any atom is -0.376 e. The van der Waals surface area contributed by atoms with Crippen molar-refractivity contribution in [2.75, 3.05) is 37.0 Å². The summed E-state index contributed by atoms with van der Waals surface area (Å²) in [6.45, 7) is 2.16. The van der Waals surface area contributed by atoms with Crippen LogP contribution in [0, 0.1) is 0 Å². The number of likely N-dealkylation sites (N-methyl/N-ethyl adjacent to an activating group) is 1. The summed E-state index contributed by atoms with van der Waals surface area (Å²) in [7, 11) is 1.77. The predicted octanol–water partition coefficient (Wildman–Crippen LogP) is 2.46. The molecule has 1 N–H and O–H groups in total. The van der Waals surface area contributed by atoms with Crippen molar-refractivity contribution in [1.29, 1.82) is 0 Å². The van der Waals surface area contributed by atoms with Crippen LogP contribution in [0.5, 0.6) is 0 Å². The molecule has 1 aromatic rings. The first-order valence-electron chi connectivity index (χ1n) is 8.17. The van der Waals surface area contributed by atoms with Gasteiger partial charge in [0.2, 0.25) is 5.91 Å². The minimum atomic E-state index is -0.148. The number of amides is 3. The summed E-state index contributed by atoms with van der Waals surface area (Å²) in [4.78, 5) is 27.4. The normalized spacial score (nSPS) is 20.8. The third kappa shape index (κ3) is 3.82. The summed E-state index contributed by atoms with van der Waals surface area (Å²) in [5, 5.41) is 2.87. The van der Waals surface area contributed by atoms with Gasteiger partial charge in [0.25, 0.3) is 0 Å². The van der Waals surface area contributed by atoms with Crippen LogP contribution in [0.25, 0.3) is 0 Å². The predicted molar refractivity (Wildman–Crippen MR) is 88.7 cm³/mol. The van der Waals surface area contributed by atoms with Gasteiger partial charge >= 0.3 is 6.03 Å². The number of nitrogens with zero attached hydrogens (tertiary/aromatic N) is 2. The second kappa shape index (κ2) is 7.00. The first-order chi connectivity index (χ1) is 11.1. The quantitative estimate of drug-likeness (QED) is 0.928. The van der Waals surface area contributed by atoms with Crippen LogP contribution in [0.3, 0.4) is 0 Å². The zero-order valence-electron chi connectivity index (χ0n) is 13.5. The molecule has 6 heteroatoms. The number of hydrogen-bond donors (Lipinski definition) is 1. The monoisotopic (exact) mass is 317 g/mol. The SMILES string of the molecule is CN(C[C@@H]1CCCO1)C(=O)Nc1ccc(N2CCCC2=O)cc1. The maximum absolute atomic E-state index is 12.2. The molecule has 0 saturated carbocycles. The molecule has 0 bridgehead atoms. The molecule has 0 aliphatic carbocycles. The molecule has 0 unspecified atom stereocenters. The van der Waals surface area contributed by atoms with Gasteiger partial charge in [0.15, 0.2) is 0 Å². The molecule has 124 valence electrons. The zero-order chi connectivity index (χ0) is 16.2. The van der Waals surface area contributed by atoms with Gasteiger partial charge in [-0.25, -0.2) is 4.79 Å². The highest BCUT2D eigenvalue weighted by atomic mass is 16.5. The van der Waals surface area contributed by atoms with Gasteiger partial charge in [-0.1, -0.05) is 0 Å². The molecule has 1 atom stereocenters. The second-order valence-electron chi connectivity index (χ2n) is 6.14. The Bertz CT molecular complexity index is 567. The van der Waals surface area contributed by atoms with Crippen LogP contribution in [0.4, 0.5) is 16.2 Å². The van der Waals surface area contributed by atoms with E-state index >= 15 is 0 Å². The molecule has 1 aromatic carbocycles. The Morgan fingerprint density at radius 1 is 1.35 bits per heavy atom. The summed E-state index contributed by atoms with van der Waals surface area (Å²) in [6, 6.07) is 7.26. The second-order valence-corrected chi connectivity index (χ2v) is 6.14. The van der Waals surface area contributed by atoms with Crippen molar-refractivity contribution >= 4 is 23.3 Å². The van der Waals surface area contributed by atoms with E-state index in [0.29, 0.717) is 13.0 Å². The molecule has 2 aliphatic heterocycles. The molecule has 2 heterocycles. The fraction of sp³-hybridized carbons (Fsp3) is 0.529. The van der Waals surface area contributed by atoms with E-state index in [9.17, 15) is 9.59 Å². The van der Waals surface area contributed by atoms with Crippen molar-refractivity contribution in [1.82, 2.24) is 4.90 Å². The van der Waals surface area contributed by atoms with Crippen LogP contribution in [0.15, 0.2) is 24.3 Å². The van der Waals surface area contributed by atoms with Crippen LogP contribution < -0.4 is 10.2 Å². The maximum atomic E-state index is 12.2. The lowest BCUT2D eigenvalue weighted by Crippen LogP contribution is -2.37. The lowest BCUT2D eigenvalue weighted by molar-refractivity contribution is -0.117. The highest BCUT2D eigenvalue weighted by Gasteiger charge is 2.22. The van der Waals surface area contributed by atoms with Gasteiger partial charge in [-0.05, 0) is 43.5 Å². The number of carbonyl (C=O) groups excluding carboxylic acids is 2. The fourth-order valence-electron chi connectivity index (χ4n) is 3.04. The Labute approximate surface area is 136 Å². The highest BCUT2D eigenvalue weighted by molar-refractivity contribution is 5.96. The van der Waals surface area contributed by atoms with E-state index in [1.807, 2.05) is 24.3 Å². The molecule has 3 rings (SSSR count). The molecule has 0 aromatic heterocycles. The Morgan fingerprint density at radius 3 is 2.74 bits per heavy atom. The molecule has 0 spiro atoms. The fourth-order valence-corrected chi connectivity index (χ4v) is 3.04. The summed E-state index contributed by atoms with van der Waals surface area (Å²) < 4.78 is 5.55. The molecular formula is C17H23N3O3. The Balaban J connectivity index is 1.54. The van der Waals surface area contributed by atoms with E-state index in [-0.39, 0.29) is 18.0 Å². The van der Waals surface area contributed by atoms with E-state index < -0.39 is 0 Å². The molecule has 2 aliphatic rings. The van der Waals surface area contributed by atoms with Crippen molar-refractivity contribution in [3.63, 3.8) is 0 Å². The molecule has 2 fully saturated rings. The topological polar surface area (TPSA) is 61.9 Å². The number of hydrogen-bond acceptors (Lipinski definition) is 3. The van der Waals surface area contributed by atoms with E-state index in [1.165, 1.54) is 0 Å². The summed E-state index contributed by atoms with van der Waals surface area (Å²) in [6.07, 6.45) is 3.75. The number of nitrogens with one attached hydrogen (secondary N) is 1. The average Bonchev–Trinajstić information content (AvgIpc) is 3.19. The molecule has 0 radical (unpaired) electrons. The molecule has 3 amide bonds. The van der Waals surface area contributed by atoms with Gasteiger partial charge < -0.3 is 19.9 Å². The molecule has 23 heavy (non-hydrogen) atoms. The number of ether oxygens (including phenoxy) is 1. The minimum absolute atomic E-state index is 0.148. The van der Waals surface area contributed by atoms with Crippen LogP contribution >= 0.6 is 0 Å². The van der Waals surface area contributed by atoms with Gasteiger partial charge in [-0.3, -0.25) is 4.79 Å². The Hall–Kier alpha value is -2.08. The lowest BCUT2D eigenvalue weighted by Gasteiger charge is -2.21. The molecule has 6 nitrogen and oxygen atoms in total. The number of benzene rings is 1. The van der Waals surface area contributed by atoms with E-state index in [4.69, 9.17) is 4.74 Å². The van der Waals surface area contributed by atoms with Crippen molar-refractivity contribution in [3.8, 4) is 0 Å². The van der Waals surface area contributed by atoms with Gasteiger partial charge in [0.05, 0.1) is 6.10 Å². The van der Waals surface area contributed by atoms with Gasteiger partial charge in [0.1, 0.15) is 0 Å². The molecule has 2 saturated heterocycles. The average molecular weight is 317 g/mol. The first kappa shape index (κ1) is 15.8. The van der Waals surface area contributed by atoms with Gasteiger partial charge in [-0.2, -0.15) is 0 Å². The summed E-state index contributed by atoms with van der Waals surface area (Å²) in [5.74, 6) is 0.165. The summed E-state index contributed by atoms with van der Waals surface area (Å²) >= 11 is 0. The Kier molecular flexibility index (Phi) is 4.81. The zero-order valence-corrected chi connectivity index (χ0v) is 13.5. The maximum Gasteiger partial charge on any atom is 0.321 e. The van der Waals surface area contributed by atoms with E-state index in [0.717, 1.165) is 43.8 Å². The number of carbonyl (C=O) groups is 2. The van der Waals surface area contributed by atoms with Crippen LogP contribution in [-0.2, 0) is 9.53 Å². The van der Waals surface area contributed by atoms with Gasteiger partial charge in [0, 0.05) is 44.5 Å². The number of anilines is 2. The van der Waals surface area contributed by atoms with Crippen molar-refractivity contribution < 1.29 is 14.3 Å². The van der Waals surface area contributed by atoms with Crippen LogP contribution in [-0.4, -0.2) is 49.7 Å². The van der Waals surface area contributed by atoms with Crippen LogP contribution in [0.2, 0.25) is 0 Å². The van der Waals surface area contributed by atoms with Crippen molar-refractivity contribution in [3.05, 3.63) is 24.3 Å². The van der Waals surface area contributed by atoms with E-state index in [1.54, 1.807) is 16.8 Å². The van der Waals surface area contributed by atoms with E-state index in [2.05, 4.69) is 5.32 Å². The van der Waals surface area contributed by atoms with Crippen molar-refractivity contribution in [2.24, 2.45) is 0 Å². The third-order valence-corrected chi connectivity index (χ3v) is 4.35. The van der Waals surface area contributed by atoms with Crippen LogP contribution in [0.1, 0.15) is 25.7 Å². The third-order valence-electron chi connectivity index (χ3n) is 4.35. The smallest absolute Gasteiger partial charge is 0.321 e. The first-order valence-corrected chi connectivity index (χ1v) is 8.17. The summed E-state index contributed by atoms with van der Waals surface area (Å²) in [5.41, 5.74) is 1.61. The van der Waals surface area contributed by atoms with Crippen molar-refractivity contribution in [2.45, 2.75) is 31.8 Å². The molecular weight excluding hydrogens is 294 g/mol. The highest BCUT2D eigenvalue weighted by Crippen LogP contribution is 2.23. The lowest BCUT2D eigenvalue weighted by atomic mass is 10.2.